The van der Waals surface area contributed by atoms with Crippen molar-refractivity contribution in [1.82, 2.24) is 25.6 Å². The molecule has 0 fully saturated rings. The predicted octanol–water partition coefficient (Wildman–Crippen LogP) is 3.77. The molecule has 0 spiro atoms. The molecule has 0 atom stereocenters. The molecule has 9 nitrogen and oxygen atoms in total. The zero-order valence-electron chi connectivity index (χ0n) is 15.7. The van der Waals surface area contributed by atoms with Crippen molar-refractivity contribution in [3.05, 3.63) is 59.1 Å². The molecule has 0 radical (unpaired) electrons. The first kappa shape index (κ1) is 21.8. The van der Waals surface area contributed by atoms with Crippen molar-refractivity contribution < 1.29 is 13.2 Å². The number of benzene rings is 1. The minimum atomic E-state index is -4.50. The summed E-state index contributed by atoms with van der Waals surface area (Å²) in [5, 5.41) is 31.4. The number of alkyl halides is 3. The fourth-order valence-corrected chi connectivity index (χ4v) is 2.67. The Morgan fingerprint density at radius 3 is 2.58 bits per heavy atom. The third-order valence-corrected chi connectivity index (χ3v) is 4.20. The van der Waals surface area contributed by atoms with Crippen LogP contribution in [0, 0.1) is 11.3 Å². The summed E-state index contributed by atoms with van der Waals surface area (Å²) < 4.78 is 38.0. The number of para-hydroxylation sites is 2. The quantitative estimate of drug-likeness (QED) is 0.302. The zero-order chi connectivity index (χ0) is 22.3. The van der Waals surface area contributed by atoms with Gasteiger partial charge in [0.1, 0.15) is 17.5 Å². The topological polar surface area (TPSA) is 127 Å². The van der Waals surface area contributed by atoms with Gasteiger partial charge in [-0.3, -0.25) is 0 Å². The van der Waals surface area contributed by atoms with E-state index in [2.05, 4.69) is 41.6 Å². The monoisotopic (exact) mass is 449 g/mol. The average Bonchev–Trinajstić information content (AvgIpc) is 3.27. The molecule has 0 saturated carbocycles. The lowest BCUT2D eigenvalue weighted by atomic mass is 10.2. The summed E-state index contributed by atoms with van der Waals surface area (Å²) in [4.78, 5) is 3.73. The fourth-order valence-electron chi connectivity index (χ4n) is 2.44. The van der Waals surface area contributed by atoms with E-state index in [4.69, 9.17) is 11.6 Å². The van der Waals surface area contributed by atoms with Gasteiger partial charge in [-0.1, -0.05) is 23.7 Å². The maximum Gasteiger partial charge on any atom is 0.417 e. The van der Waals surface area contributed by atoms with Gasteiger partial charge in [0.25, 0.3) is 0 Å². The van der Waals surface area contributed by atoms with E-state index in [-0.39, 0.29) is 22.2 Å². The Hall–Kier alpha value is -3.85. The van der Waals surface area contributed by atoms with Crippen LogP contribution >= 0.6 is 11.6 Å². The molecule has 0 unspecified atom stereocenters. The van der Waals surface area contributed by atoms with E-state index in [0.29, 0.717) is 18.8 Å². The van der Waals surface area contributed by atoms with Crippen molar-refractivity contribution in [1.29, 1.82) is 5.26 Å². The Morgan fingerprint density at radius 1 is 1.19 bits per heavy atom. The molecular formula is C18H15ClF3N9. The van der Waals surface area contributed by atoms with Crippen LogP contribution in [-0.2, 0) is 6.18 Å². The Balaban J connectivity index is 1.58. The Kier molecular flexibility index (Phi) is 6.88. The van der Waals surface area contributed by atoms with Gasteiger partial charge in [0.05, 0.1) is 22.0 Å². The van der Waals surface area contributed by atoms with Gasteiger partial charge in [-0.2, -0.15) is 23.6 Å². The maximum absolute atomic E-state index is 12.7. The zero-order valence-corrected chi connectivity index (χ0v) is 16.5. The number of pyridine rings is 1. The normalized spacial score (nSPS) is 11.6. The summed E-state index contributed by atoms with van der Waals surface area (Å²) in [5.41, 5.74) is 0.696. The molecule has 0 saturated heterocycles. The second-order valence-corrected chi connectivity index (χ2v) is 6.41. The minimum Gasteiger partial charge on any atom is -0.382 e. The van der Waals surface area contributed by atoms with Gasteiger partial charge < -0.3 is 16.0 Å². The van der Waals surface area contributed by atoms with Crippen molar-refractivity contribution in [2.24, 2.45) is 0 Å². The molecular weight excluding hydrogens is 435 g/mol. The number of rotatable bonds is 8. The highest BCUT2D eigenvalue weighted by Crippen LogP contribution is 2.32. The van der Waals surface area contributed by atoms with E-state index in [9.17, 15) is 18.4 Å². The van der Waals surface area contributed by atoms with Gasteiger partial charge in [-0.25, -0.2) is 4.98 Å². The van der Waals surface area contributed by atoms with Crippen LogP contribution in [0.3, 0.4) is 0 Å². The molecule has 0 amide bonds. The summed E-state index contributed by atoms with van der Waals surface area (Å²) in [5.74, 6) is 0.315. The minimum absolute atomic E-state index is 0.118. The number of H-pyrrole nitrogens is 1. The van der Waals surface area contributed by atoms with E-state index in [1.807, 2.05) is 24.3 Å². The van der Waals surface area contributed by atoms with Crippen molar-refractivity contribution in [2.75, 3.05) is 29.0 Å². The number of hydrogen-bond donors (Lipinski definition) is 4. The van der Waals surface area contributed by atoms with Crippen LogP contribution < -0.4 is 16.0 Å². The first-order chi connectivity index (χ1) is 14.9. The molecule has 4 N–H and O–H groups in total. The van der Waals surface area contributed by atoms with Crippen LogP contribution in [-0.4, -0.2) is 38.7 Å². The van der Waals surface area contributed by atoms with Crippen molar-refractivity contribution in [2.45, 2.75) is 6.18 Å². The van der Waals surface area contributed by atoms with Crippen LogP contribution in [0.25, 0.3) is 5.57 Å². The van der Waals surface area contributed by atoms with Crippen molar-refractivity contribution in [3.63, 3.8) is 0 Å². The number of tetrazole rings is 1. The first-order valence-electron chi connectivity index (χ1n) is 8.78. The standard InChI is InChI=1S/C18H15ClF3N9/c19-13-7-12(18(20,21)22)10-27-17(13)25-6-5-24-14-3-1-2-4-15(14)26-9-11(8-23)16-28-30-31-29-16/h1-4,7,9-10,24,26H,5-6H2,(H,25,27)(H,28,29,30,31). The van der Waals surface area contributed by atoms with E-state index in [0.717, 1.165) is 18.0 Å². The number of hydrogen-bond acceptors (Lipinski definition) is 8. The molecule has 0 aliphatic rings. The third-order valence-electron chi connectivity index (χ3n) is 3.91. The molecule has 13 heteroatoms. The van der Waals surface area contributed by atoms with Gasteiger partial charge in [-0.15, -0.1) is 10.2 Å². The highest BCUT2D eigenvalue weighted by Gasteiger charge is 2.31. The van der Waals surface area contributed by atoms with Crippen LogP contribution in [0.5, 0.6) is 0 Å². The van der Waals surface area contributed by atoms with Crippen LogP contribution in [0.1, 0.15) is 11.4 Å². The Labute approximate surface area is 179 Å². The molecule has 2 heterocycles. The van der Waals surface area contributed by atoms with Crippen molar-refractivity contribution >= 4 is 34.4 Å². The van der Waals surface area contributed by atoms with E-state index in [1.54, 1.807) is 6.07 Å². The Morgan fingerprint density at radius 2 is 1.94 bits per heavy atom. The van der Waals surface area contributed by atoms with Crippen molar-refractivity contribution in [3.8, 4) is 6.07 Å². The van der Waals surface area contributed by atoms with Gasteiger partial charge >= 0.3 is 6.18 Å². The fraction of sp³-hybridized carbons (Fsp3) is 0.167. The molecule has 160 valence electrons. The molecule has 31 heavy (non-hydrogen) atoms. The molecule has 3 rings (SSSR count). The second-order valence-electron chi connectivity index (χ2n) is 6.00. The van der Waals surface area contributed by atoms with E-state index < -0.39 is 11.7 Å². The summed E-state index contributed by atoms with van der Waals surface area (Å²) in [6.45, 7) is 0.756. The number of nitrogens with zero attached hydrogens (tertiary/aromatic N) is 5. The number of anilines is 3. The number of aromatic amines is 1. The number of nitriles is 1. The Bertz CT molecular complexity index is 1090. The largest absolute Gasteiger partial charge is 0.417 e. The second kappa shape index (κ2) is 9.77. The molecule has 2 aromatic heterocycles. The lowest BCUT2D eigenvalue weighted by Gasteiger charge is -2.14. The SMILES string of the molecule is N#CC(=CNc1ccccc1NCCNc1ncc(C(F)(F)F)cc1Cl)c1nn[nH]n1. The highest BCUT2D eigenvalue weighted by molar-refractivity contribution is 6.32. The maximum atomic E-state index is 12.7. The molecule has 3 aromatic rings. The number of aromatic nitrogens is 5. The molecule has 0 aliphatic carbocycles. The summed E-state index contributed by atoms with van der Waals surface area (Å²) in [6.07, 6.45) is -2.32. The highest BCUT2D eigenvalue weighted by atomic mass is 35.5. The van der Waals surface area contributed by atoms with Crippen LogP contribution in [0.15, 0.2) is 42.7 Å². The van der Waals surface area contributed by atoms with Gasteiger partial charge in [-0.05, 0) is 23.4 Å². The number of allylic oxidation sites excluding steroid dienone is 1. The summed E-state index contributed by atoms with van der Waals surface area (Å²) >= 11 is 5.88. The molecule has 0 aliphatic heterocycles. The summed E-state index contributed by atoms with van der Waals surface area (Å²) in [6, 6.07) is 10.1. The number of halogens is 4. The lowest BCUT2D eigenvalue weighted by Crippen LogP contribution is -2.15. The summed E-state index contributed by atoms with van der Waals surface area (Å²) in [7, 11) is 0. The first-order valence-corrected chi connectivity index (χ1v) is 9.16. The van der Waals surface area contributed by atoms with Gasteiger partial charge in [0, 0.05) is 25.5 Å². The lowest BCUT2D eigenvalue weighted by molar-refractivity contribution is -0.137. The predicted molar refractivity (Wildman–Crippen MR) is 109 cm³/mol. The van der Waals surface area contributed by atoms with Gasteiger partial charge in [0.15, 0.2) is 0 Å². The van der Waals surface area contributed by atoms with Crippen LogP contribution in [0.4, 0.5) is 30.4 Å². The number of nitrogens with one attached hydrogen (secondary N) is 4. The van der Waals surface area contributed by atoms with E-state index in [1.165, 1.54) is 6.20 Å². The van der Waals surface area contributed by atoms with Crippen LogP contribution in [0.2, 0.25) is 5.02 Å². The third kappa shape index (κ3) is 5.83. The van der Waals surface area contributed by atoms with E-state index >= 15 is 0 Å². The smallest absolute Gasteiger partial charge is 0.382 e. The van der Waals surface area contributed by atoms with Gasteiger partial charge in [0.2, 0.25) is 5.82 Å². The molecule has 1 aromatic carbocycles. The average molecular weight is 450 g/mol. The molecule has 0 bridgehead atoms.